The monoisotopic (exact) mass is 311 g/mol. The molecular weight excluding hydrogens is 290 g/mol. The van der Waals surface area contributed by atoms with Gasteiger partial charge in [-0.1, -0.05) is 12.1 Å². The van der Waals surface area contributed by atoms with E-state index in [0.29, 0.717) is 23.5 Å². The van der Waals surface area contributed by atoms with E-state index in [1.165, 1.54) is 24.7 Å². The third kappa shape index (κ3) is 4.04. The first-order valence-electron chi connectivity index (χ1n) is 7.86. The Hall–Kier alpha value is -2.47. The van der Waals surface area contributed by atoms with Crippen LogP contribution in [0.5, 0.6) is 0 Å². The van der Waals surface area contributed by atoms with Crippen molar-refractivity contribution in [3.05, 3.63) is 53.5 Å². The maximum atomic E-state index is 12.3. The molecule has 0 bridgehead atoms. The van der Waals surface area contributed by atoms with E-state index in [0.717, 1.165) is 19.6 Å². The second-order valence-electron chi connectivity index (χ2n) is 5.80. The number of likely N-dealkylation sites (tertiary alicyclic amines) is 1. The van der Waals surface area contributed by atoms with E-state index in [1.54, 1.807) is 6.20 Å². The van der Waals surface area contributed by atoms with Crippen LogP contribution in [-0.2, 0) is 13.1 Å². The lowest BCUT2D eigenvalue weighted by Crippen LogP contribution is -2.24. The maximum absolute atomic E-state index is 12.3. The zero-order valence-corrected chi connectivity index (χ0v) is 13.0. The molecule has 2 heterocycles. The molecule has 0 spiro atoms. The van der Waals surface area contributed by atoms with Gasteiger partial charge in [-0.05, 0) is 43.6 Å². The van der Waals surface area contributed by atoms with Crippen molar-refractivity contribution in [1.82, 2.24) is 20.2 Å². The van der Waals surface area contributed by atoms with E-state index in [9.17, 15) is 4.79 Å². The number of anilines is 1. The van der Waals surface area contributed by atoms with Gasteiger partial charge in [-0.2, -0.15) is 0 Å². The van der Waals surface area contributed by atoms with Gasteiger partial charge in [0.25, 0.3) is 5.91 Å². The summed E-state index contributed by atoms with van der Waals surface area (Å²) in [6.07, 6.45) is 5.54. The summed E-state index contributed by atoms with van der Waals surface area (Å²) in [6, 6.07) is 7.78. The molecule has 1 aromatic carbocycles. The summed E-state index contributed by atoms with van der Waals surface area (Å²) in [5.41, 5.74) is 8.30. The van der Waals surface area contributed by atoms with Crippen molar-refractivity contribution in [2.24, 2.45) is 0 Å². The zero-order valence-electron chi connectivity index (χ0n) is 13.0. The summed E-state index contributed by atoms with van der Waals surface area (Å²) in [5, 5.41) is 2.86. The molecule has 1 saturated heterocycles. The minimum absolute atomic E-state index is 0.114. The minimum Gasteiger partial charge on any atom is -0.383 e. The van der Waals surface area contributed by atoms with E-state index in [1.807, 2.05) is 18.2 Å². The summed E-state index contributed by atoms with van der Waals surface area (Å²) in [5.74, 6) is 0.277. The topological polar surface area (TPSA) is 84.1 Å². The Morgan fingerprint density at radius 3 is 2.91 bits per heavy atom. The number of amides is 1. The number of carbonyl (C=O) groups is 1. The van der Waals surface area contributed by atoms with Crippen molar-refractivity contribution in [3.63, 3.8) is 0 Å². The Morgan fingerprint density at radius 1 is 1.30 bits per heavy atom. The summed E-state index contributed by atoms with van der Waals surface area (Å²) >= 11 is 0. The van der Waals surface area contributed by atoms with Gasteiger partial charge in [0.05, 0.1) is 0 Å². The van der Waals surface area contributed by atoms with Crippen molar-refractivity contribution < 1.29 is 4.79 Å². The second-order valence-corrected chi connectivity index (χ2v) is 5.80. The Labute approximate surface area is 135 Å². The number of benzene rings is 1. The number of hydrogen-bond acceptors (Lipinski definition) is 5. The SMILES string of the molecule is Nc1ncncc1CNC(=O)c1cccc(CN2CCCC2)c1. The summed E-state index contributed by atoms with van der Waals surface area (Å²) < 4.78 is 0. The van der Waals surface area contributed by atoms with Crippen molar-refractivity contribution in [3.8, 4) is 0 Å². The van der Waals surface area contributed by atoms with Crippen LogP contribution in [-0.4, -0.2) is 33.9 Å². The van der Waals surface area contributed by atoms with Gasteiger partial charge in [0.15, 0.2) is 0 Å². The van der Waals surface area contributed by atoms with Crippen LogP contribution in [0, 0.1) is 0 Å². The number of carbonyl (C=O) groups excluding carboxylic acids is 1. The number of nitrogens with two attached hydrogens (primary N) is 1. The van der Waals surface area contributed by atoms with E-state index >= 15 is 0 Å². The van der Waals surface area contributed by atoms with Crippen LogP contribution < -0.4 is 11.1 Å². The van der Waals surface area contributed by atoms with Crippen molar-refractivity contribution >= 4 is 11.7 Å². The Morgan fingerprint density at radius 2 is 2.13 bits per heavy atom. The van der Waals surface area contributed by atoms with E-state index < -0.39 is 0 Å². The number of aromatic nitrogens is 2. The molecule has 3 N–H and O–H groups in total. The fourth-order valence-corrected chi connectivity index (χ4v) is 2.79. The van der Waals surface area contributed by atoms with Gasteiger partial charge in [-0.15, -0.1) is 0 Å². The van der Waals surface area contributed by atoms with Crippen LogP contribution >= 0.6 is 0 Å². The molecule has 0 saturated carbocycles. The average molecular weight is 311 g/mol. The normalized spacial score (nSPS) is 14.8. The van der Waals surface area contributed by atoms with Crippen molar-refractivity contribution in [1.29, 1.82) is 0 Å². The lowest BCUT2D eigenvalue weighted by Gasteiger charge is -2.15. The Kier molecular flexibility index (Phi) is 4.83. The molecule has 0 unspecified atom stereocenters. The predicted octanol–water partition coefficient (Wildman–Crippen LogP) is 1.58. The van der Waals surface area contributed by atoms with Gasteiger partial charge in [0.1, 0.15) is 12.1 Å². The molecule has 0 radical (unpaired) electrons. The highest BCUT2D eigenvalue weighted by Crippen LogP contribution is 2.14. The largest absolute Gasteiger partial charge is 0.383 e. The molecule has 6 nitrogen and oxygen atoms in total. The van der Waals surface area contributed by atoms with Crippen LogP contribution in [0.15, 0.2) is 36.8 Å². The molecule has 3 rings (SSSR count). The molecule has 1 aromatic heterocycles. The highest BCUT2D eigenvalue weighted by atomic mass is 16.1. The first kappa shape index (κ1) is 15.4. The lowest BCUT2D eigenvalue weighted by molar-refractivity contribution is 0.0951. The Balaban J connectivity index is 1.61. The Bertz CT molecular complexity index is 682. The van der Waals surface area contributed by atoms with Gasteiger partial charge < -0.3 is 11.1 Å². The molecular formula is C17H21N5O. The number of rotatable bonds is 5. The number of nitrogen functional groups attached to an aromatic ring is 1. The molecule has 0 atom stereocenters. The predicted molar refractivity (Wildman–Crippen MR) is 88.6 cm³/mol. The van der Waals surface area contributed by atoms with Gasteiger partial charge >= 0.3 is 0 Å². The quantitative estimate of drug-likeness (QED) is 0.876. The third-order valence-corrected chi connectivity index (χ3v) is 4.06. The maximum Gasteiger partial charge on any atom is 0.251 e. The molecule has 1 aliphatic rings. The van der Waals surface area contributed by atoms with Crippen molar-refractivity contribution in [2.45, 2.75) is 25.9 Å². The smallest absolute Gasteiger partial charge is 0.251 e. The molecule has 0 aliphatic carbocycles. The van der Waals surface area contributed by atoms with Gasteiger partial charge in [0.2, 0.25) is 0 Å². The average Bonchev–Trinajstić information content (AvgIpc) is 3.07. The summed E-state index contributed by atoms with van der Waals surface area (Å²) in [7, 11) is 0. The molecule has 6 heteroatoms. The van der Waals surface area contributed by atoms with E-state index in [2.05, 4.69) is 26.3 Å². The second kappa shape index (κ2) is 7.19. The summed E-state index contributed by atoms with van der Waals surface area (Å²) in [6.45, 7) is 3.51. The molecule has 2 aromatic rings. The molecule has 120 valence electrons. The molecule has 1 aliphatic heterocycles. The number of nitrogens with zero attached hydrogens (tertiary/aromatic N) is 3. The van der Waals surface area contributed by atoms with Crippen LogP contribution in [0.25, 0.3) is 0 Å². The zero-order chi connectivity index (χ0) is 16.1. The van der Waals surface area contributed by atoms with Crippen molar-refractivity contribution in [2.75, 3.05) is 18.8 Å². The fourth-order valence-electron chi connectivity index (χ4n) is 2.79. The standard InChI is InChI=1S/C17H21N5O/c18-16-15(9-19-12-21-16)10-20-17(23)14-5-3-4-13(8-14)11-22-6-1-2-7-22/h3-5,8-9,12H,1-2,6-7,10-11H2,(H,20,23)(H2,18,19,21). The lowest BCUT2D eigenvalue weighted by atomic mass is 10.1. The highest BCUT2D eigenvalue weighted by Gasteiger charge is 2.13. The van der Waals surface area contributed by atoms with Gasteiger partial charge in [0, 0.05) is 30.4 Å². The molecule has 23 heavy (non-hydrogen) atoms. The van der Waals surface area contributed by atoms with E-state index in [-0.39, 0.29) is 5.91 Å². The van der Waals surface area contributed by atoms with Gasteiger partial charge in [-0.3, -0.25) is 9.69 Å². The fraction of sp³-hybridized carbons (Fsp3) is 0.353. The van der Waals surface area contributed by atoms with E-state index in [4.69, 9.17) is 5.73 Å². The van der Waals surface area contributed by atoms with Gasteiger partial charge in [-0.25, -0.2) is 9.97 Å². The molecule has 1 amide bonds. The number of nitrogens with one attached hydrogen (secondary N) is 1. The molecule has 1 fully saturated rings. The van der Waals surface area contributed by atoms with Crippen LogP contribution in [0.2, 0.25) is 0 Å². The third-order valence-electron chi connectivity index (χ3n) is 4.06. The highest BCUT2D eigenvalue weighted by molar-refractivity contribution is 5.94. The van der Waals surface area contributed by atoms with Crippen LogP contribution in [0.3, 0.4) is 0 Å². The number of hydrogen-bond donors (Lipinski definition) is 2. The van der Waals surface area contributed by atoms with Crippen LogP contribution in [0.4, 0.5) is 5.82 Å². The first-order chi connectivity index (χ1) is 11.2. The first-order valence-corrected chi connectivity index (χ1v) is 7.86. The van der Waals surface area contributed by atoms with Crippen LogP contribution in [0.1, 0.15) is 34.3 Å². The minimum atomic E-state index is -0.114. The summed E-state index contributed by atoms with van der Waals surface area (Å²) in [4.78, 5) is 22.6.